The van der Waals surface area contributed by atoms with Gasteiger partial charge in [0, 0.05) is 18.7 Å². The Labute approximate surface area is 154 Å². The summed E-state index contributed by atoms with van der Waals surface area (Å²) < 4.78 is 28.0. The molecule has 0 aromatic heterocycles. The molecule has 0 aliphatic carbocycles. The van der Waals surface area contributed by atoms with E-state index < -0.39 is 17.7 Å². The minimum Gasteiger partial charge on any atom is -0.357 e. The van der Waals surface area contributed by atoms with Crippen molar-refractivity contribution in [3.8, 4) is 0 Å². The molecule has 0 aliphatic rings. The fourth-order valence-corrected chi connectivity index (χ4v) is 2.03. The van der Waals surface area contributed by atoms with Crippen molar-refractivity contribution in [2.75, 3.05) is 33.7 Å². The van der Waals surface area contributed by atoms with Gasteiger partial charge in [-0.05, 0) is 33.2 Å². The van der Waals surface area contributed by atoms with Crippen molar-refractivity contribution >= 4 is 29.9 Å². The predicted molar refractivity (Wildman–Crippen MR) is 102 cm³/mol. The summed E-state index contributed by atoms with van der Waals surface area (Å²) in [5.41, 5.74) is 0.0378. The molecule has 0 spiro atoms. The smallest absolute Gasteiger partial charge is 0.191 e. The maximum absolute atomic E-state index is 14.0. The highest BCUT2D eigenvalue weighted by Gasteiger charge is 2.22. The van der Waals surface area contributed by atoms with E-state index >= 15 is 0 Å². The number of aliphatic imine (C=N–C) groups is 1. The normalized spacial score (nSPS) is 12.5. The lowest BCUT2D eigenvalue weighted by molar-refractivity contribution is 0.290. The average Bonchev–Trinajstić information content (AvgIpc) is 2.47. The molecule has 0 heterocycles. The monoisotopic (exact) mass is 438 g/mol. The van der Waals surface area contributed by atoms with Gasteiger partial charge in [-0.25, -0.2) is 8.78 Å². The van der Waals surface area contributed by atoms with Gasteiger partial charge in [0.1, 0.15) is 11.6 Å². The van der Waals surface area contributed by atoms with Crippen molar-refractivity contribution in [2.45, 2.75) is 13.0 Å². The first-order chi connectivity index (χ1) is 10.5. The first-order valence-corrected chi connectivity index (χ1v) is 7.24. The SMILES string of the molecule is C=CCNC(=NCC(c1c(F)cccc1F)N(C)C)NCC.I. The molecule has 2 N–H and O–H groups in total. The molecule has 4 nitrogen and oxygen atoms in total. The topological polar surface area (TPSA) is 39.7 Å². The number of hydrogen-bond donors (Lipinski definition) is 2. The van der Waals surface area contributed by atoms with Crippen molar-refractivity contribution in [3.63, 3.8) is 0 Å². The van der Waals surface area contributed by atoms with Crippen LogP contribution in [0.5, 0.6) is 0 Å². The second-order valence-electron chi connectivity index (χ2n) is 5.00. The van der Waals surface area contributed by atoms with Crippen molar-refractivity contribution in [1.29, 1.82) is 0 Å². The molecule has 130 valence electrons. The van der Waals surface area contributed by atoms with Crippen LogP contribution in [0.3, 0.4) is 0 Å². The Balaban J connectivity index is 0.00000484. The summed E-state index contributed by atoms with van der Waals surface area (Å²) in [4.78, 5) is 6.15. The Kier molecular flexibility index (Phi) is 10.7. The van der Waals surface area contributed by atoms with Crippen LogP contribution in [0, 0.1) is 11.6 Å². The minimum atomic E-state index is -0.557. The maximum atomic E-state index is 14.0. The van der Waals surface area contributed by atoms with Crippen LogP contribution in [0.2, 0.25) is 0 Å². The lowest BCUT2D eigenvalue weighted by Crippen LogP contribution is -2.38. The van der Waals surface area contributed by atoms with Crippen LogP contribution in [-0.2, 0) is 0 Å². The number of halogens is 3. The van der Waals surface area contributed by atoms with E-state index in [0.717, 1.165) is 0 Å². The molecule has 0 fully saturated rings. The number of guanidine groups is 1. The van der Waals surface area contributed by atoms with Gasteiger partial charge in [-0.1, -0.05) is 12.1 Å². The minimum absolute atomic E-state index is 0. The average molecular weight is 438 g/mol. The summed E-state index contributed by atoms with van der Waals surface area (Å²) in [6.07, 6.45) is 1.72. The van der Waals surface area contributed by atoms with Crippen molar-refractivity contribution in [3.05, 3.63) is 48.1 Å². The largest absolute Gasteiger partial charge is 0.357 e. The highest BCUT2D eigenvalue weighted by Crippen LogP contribution is 2.24. The van der Waals surface area contributed by atoms with Gasteiger partial charge >= 0.3 is 0 Å². The standard InChI is InChI=1S/C16H24F2N4.HI/c1-5-10-20-16(19-6-2)21-11-14(22(3)4)15-12(17)8-7-9-13(15)18;/h5,7-9,14H,1,6,10-11H2,2-4H3,(H2,19,20,21);1H. The molecular weight excluding hydrogens is 413 g/mol. The Bertz CT molecular complexity index is 501. The summed E-state index contributed by atoms with van der Waals surface area (Å²) >= 11 is 0. The Morgan fingerprint density at radius 3 is 2.39 bits per heavy atom. The van der Waals surface area contributed by atoms with Crippen LogP contribution in [-0.4, -0.2) is 44.6 Å². The predicted octanol–water partition coefficient (Wildman–Crippen LogP) is 2.93. The molecule has 7 heteroatoms. The summed E-state index contributed by atoms with van der Waals surface area (Å²) in [5, 5.41) is 6.14. The molecule has 23 heavy (non-hydrogen) atoms. The molecule has 1 aromatic carbocycles. The zero-order valence-electron chi connectivity index (χ0n) is 13.8. The van der Waals surface area contributed by atoms with Gasteiger partial charge in [0.2, 0.25) is 0 Å². The molecule has 0 saturated heterocycles. The number of nitrogens with one attached hydrogen (secondary N) is 2. The van der Waals surface area contributed by atoms with E-state index in [9.17, 15) is 8.78 Å². The third-order valence-electron chi connectivity index (χ3n) is 3.14. The van der Waals surface area contributed by atoms with Gasteiger partial charge < -0.3 is 15.5 Å². The van der Waals surface area contributed by atoms with Crippen LogP contribution in [0.4, 0.5) is 8.78 Å². The lowest BCUT2D eigenvalue weighted by Gasteiger charge is -2.24. The van der Waals surface area contributed by atoms with Gasteiger partial charge in [-0.3, -0.25) is 4.99 Å². The molecule has 0 radical (unpaired) electrons. The van der Waals surface area contributed by atoms with Crippen molar-refractivity contribution in [2.24, 2.45) is 4.99 Å². The van der Waals surface area contributed by atoms with E-state index in [0.29, 0.717) is 19.0 Å². The van der Waals surface area contributed by atoms with E-state index in [2.05, 4.69) is 22.2 Å². The molecule has 0 bridgehead atoms. The molecule has 1 atom stereocenters. The highest BCUT2D eigenvalue weighted by molar-refractivity contribution is 14.0. The molecule has 1 rings (SSSR count). The van der Waals surface area contributed by atoms with E-state index in [1.807, 2.05) is 6.92 Å². The number of likely N-dealkylation sites (N-methyl/N-ethyl adjacent to an activating group) is 1. The van der Waals surface area contributed by atoms with Crippen LogP contribution in [0.25, 0.3) is 0 Å². The molecule has 0 amide bonds. The maximum Gasteiger partial charge on any atom is 0.191 e. The lowest BCUT2D eigenvalue weighted by atomic mass is 10.0. The molecule has 1 unspecified atom stereocenters. The molecule has 1 aromatic rings. The third-order valence-corrected chi connectivity index (χ3v) is 3.14. The fraction of sp³-hybridized carbons (Fsp3) is 0.438. The second kappa shape index (κ2) is 11.3. The zero-order chi connectivity index (χ0) is 16.5. The van der Waals surface area contributed by atoms with Crippen LogP contribution >= 0.6 is 24.0 Å². The quantitative estimate of drug-likeness (QED) is 0.298. The van der Waals surface area contributed by atoms with Crippen LogP contribution < -0.4 is 10.6 Å². The fourth-order valence-electron chi connectivity index (χ4n) is 2.03. The number of hydrogen-bond acceptors (Lipinski definition) is 2. The van der Waals surface area contributed by atoms with Crippen molar-refractivity contribution < 1.29 is 8.78 Å². The first-order valence-electron chi connectivity index (χ1n) is 7.24. The third kappa shape index (κ3) is 6.82. The highest BCUT2D eigenvalue weighted by atomic mass is 127. The van der Waals surface area contributed by atoms with E-state index in [1.54, 1.807) is 25.1 Å². The van der Waals surface area contributed by atoms with E-state index in [-0.39, 0.29) is 36.1 Å². The van der Waals surface area contributed by atoms with Gasteiger partial charge in [-0.2, -0.15) is 0 Å². The first kappa shape index (κ1) is 21.8. The van der Waals surface area contributed by atoms with Gasteiger partial charge in [0.05, 0.1) is 12.6 Å². The Morgan fingerprint density at radius 2 is 1.91 bits per heavy atom. The molecule has 0 aliphatic heterocycles. The number of nitrogens with zero attached hydrogens (tertiary/aromatic N) is 2. The van der Waals surface area contributed by atoms with Gasteiger partial charge in [0.25, 0.3) is 0 Å². The summed E-state index contributed by atoms with van der Waals surface area (Å²) in [6, 6.07) is 3.40. The number of rotatable bonds is 7. The summed E-state index contributed by atoms with van der Waals surface area (Å²) in [6.45, 7) is 7.08. The van der Waals surface area contributed by atoms with Crippen molar-refractivity contribution in [1.82, 2.24) is 15.5 Å². The van der Waals surface area contributed by atoms with E-state index in [1.165, 1.54) is 18.2 Å². The summed E-state index contributed by atoms with van der Waals surface area (Å²) in [5.74, 6) is -0.526. The van der Waals surface area contributed by atoms with Crippen LogP contribution in [0.1, 0.15) is 18.5 Å². The summed E-state index contributed by atoms with van der Waals surface area (Å²) in [7, 11) is 3.55. The molecular formula is C16H25F2IN4. The van der Waals surface area contributed by atoms with Crippen LogP contribution in [0.15, 0.2) is 35.8 Å². The Hall–Kier alpha value is -1.22. The second-order valence-corrected chi connectivity index (χ2v) is 5.00. The number of benzene rings is 1. The van der Waals surface area contributed by atoms with E-state index in [4.69, 9.17) is 0 Å². The molecule has 0 saturated carbocycles. The van der Waals surface area contributed by atoms with Gasteiger partial charge in [-0.15, -0.1) is 30.6 Å². The zero-order valence-corrected chi connectivity index (χ0v) is 16.1. The van der Waals surface area contributed by atoms with Gasteiger partial charge in [0.15, 0.2) is 5.96 Å². The Morgan fingerprint density at radius 1 is 1.30 bits per heavy atom.